The van der Waals surface area contributed by atoms with Gasteiger partial charge in [-0.1, -0.05) is 12.1 Å². The normalized spacial score (nSPS) is 17.9. The first-order chi connectivity index (χ1) is 14.8. The van der Waals surface area contributed by atoms with Crippen molar-refractivity contribution in [1.82, 2.24) is 15.3 Å². The van der Waals surface area contributed by atoms with Crippen molar-refractivity contribution in [3.8, 4) is 11.1 Å². The lowest BCUT2D eigenvalue weighted by Gasteiger charge is -2.51. The van der Waals surface area contributed by atoms with E-state index in [1.54, 1.807) is 17.0 Å². The van der Waals surface area contributed by atoms with Crippen molar-refractivity contribution in [2.24, 2.45) is 5.73 Å². The van der Waals surface area contributed by atoms with Crippen molar-refractivity contribution >= 4 is 17.5 Å². The van der Waals surface area contributed by atoms with Gasteiger partial charge in [0.25, 0.3) is 5.91 Å². The topological polar surface area (TPSA) is 110 Å². The van der Waals surface area contributed by atoms with Gasteiger partial charge in [-0.25, -0.2) is 23.1 Å². The summed E-state index contributed by atoms with van der Waals surface area (Å²) in [6.45, 7) is 0.511. The van der Waals surface area contributed by atoms with Gasteiger partial charge < -0.3 is 21.7 Å². The van der Waals surface area contributed by atoms with E-state index in [0.717, 1.165) is 12.1 Å². The molecule has 0 radical (unpaired) electrons. The Balaban J connectivity index is 1.57. The highest BCUT2D eigenvalue weighted by atomic mass is 19.1. The molecule has 1 atom stereocenters. The number of nitrogen functional groups attached to an aromatic ring is 1. The third kappa shape index (κ3) is 3.89. The van der Waals surface area contributed by atoms with Crippen LogP contribution in [0.2, 0.25) is 0 Å². The Kier molecular flexibility index (Phi) is 5.24. The number of carbonyl (C=O) groups excluding carboxylic acids is 1. The maximum absolute atomic E-state index is 13.9. The summed E-state index contributed by atoms with van der Waals surface area (Å²) in [5, 5.41) is 2.59. The average molecular weight is 428 g/mol. The van der Waals surface area contributed by atoms with E-state index in [4.69, 9.17) is 11.5 Å². The quantitative estimate of drug-likeness (QED) is 0.576. The van der Waals surface area contributed by atoms with E-state index in [9.17, 15) is 18.0 Å². The molecular formula is C21H19F3N6O. The van der Waals surface area contributed by atoms with Gasteiger partial charge >= 0.3 is 0 Å². The Hall–Kier alpha value is -3.66. The number of nitrogens with two attached hydrogens (primary N) is 2. The van der Waals surface area contributed by atoms with Crippen molar-refractivity contribution < 1.29 is 18.0 Å². The minimum Gasteiger partial charge on any atom is -0.383 e. The number of anilines is 2. The van der Waals surface area contributed by atoms with Crippen molar-refractivity contribution in [2.75, 3.05) is 23.7 Å². The molecule has 10 heteroatoms. The van der Waals surface area contributed by atoms with E-state index in [1.165, 1.54) is 18.5 Å². The molecule has 1 amide bonds. The molecule has 0 bridgehead atoms. The maximum atomic E-state index is 13.9. The molecule has 160 valence electrons. The monoisotopic (exact) mass is 428 g/mol. The van der Waals surface area contributed by atoms with Crippen LogP contribution in [0.5, 0.6) is 0 Å². The molecule has 0 aliphatic carbocycles. The molecule has 4 rings (SSSR count). The van der Waals surface area contributed by atoms with E-state index in [0.29, 0.717) is 36.0 Å². The van der Waals surface area contributed by atoms with Crippen LogP contribution >= 0.6 is 0 Å². The molecule has 0 spiro atoms. The number of aromatic nitrogens is 2. The van der Waals surface area contributed by atoms with Crippen molar-refractivity contribution in [3.05, 3.63) is 71.8 Å². The predicted octanol–water partition coefficient (Wildman–Crippen LogP) is 2.44. The minimum atomic E-state index is -1.01. The first-order valence-corrected chi connectivity index (χ1v) is 9.45. The summed E-state index contributed by atoms with van der Waals surface area (Å²) in [6.07, 6.45) is 1.81. The van der Waals surface area contributed by atoms with Gasteiger partial charge in [0, 0.05) is 19.0 Å². The fraction of sp³-hybridized carbons (Fsp3) is 0.190. The van der Waals surface area contributed by atoms with Gasteiger partial charge in [-0.2, -0.15) is 0 Å². The summed E-state index contributed by atoms with van der Waals surface area (Å²) in [7, 11) is 0. The highest BCUT2D eigenvalue weighted by Gasteiger charge is 2.43. The highest BCUT2D eigenvalue weighted by molar-refractivity contribution is 5.94. The Bertz CT molecular complexity index is 1140. The molecule has 0 unspecified atom stereocenters. The predicted molar refractivity (Wildman–Crippen MR) is 109 cm³/mol. The Morgan fingerprint density at radius 2 is 1.81 bits per heavy atom. The molecule has 2 aromatic carbocycles. The lowest BCUT2D eigenvalue weighted by molar-refractivity contribution is 0.0930. The molecule has 2 heterocycles. The second-order valence-electron chi connectivity index (χ2n) is 7.28. The standard InChI is InChI=1S/C21H19F3N6O/c22-13-3-1-12(2-4-13)17-18(25)28-11-29-19(17)30-8-7-21(30,26)10-27-20(31)15-6-5-14(23)9-16(15)24/h1-6,9,11H,7-8,10,26H2,(H,27,31)(H2,25,28,29)/t21-/m1/s1. The third-order valence-electron chi connectivity index (χ3n) is 5.28. The van der Waals surface area contributed by atoms with Crippen LogP contribution in [-0.4, -0.2) is 34.6 Å². The molecule has 5 N–H and O–H groups in total. The second-order valence-corrected chi connectivity index (χ2v) is 7.28. The van der Waals surface area contributed by atoms with Gasteiger partial charge in [-0.05, 0) is 29.8 Å². The number of halogens is 3. The van der Waals surface area contributed by atoms with Crippen LogP contribution in [0.15, 0.2) is 48.8 Å². The Morgan fingerprint density at radius 3 is 2.45 bits per heavy atom. The van der Waals surface area contributed by atoms with Crippen LogP contribution in [-0.2, 0) is 0 Å². The van der Waals surface area contributed by atoms with Crippen molar-refractivity contribution in [1.29, 1.82) is 0 Å². The van der Waals surface area contributed by atoms with Gasteiger partial charge in [0.05, 0.1) is 17.7 Å². The smallest absolute Gasteiger partial charge is 0.254 e. The van der Waals surface area contributed by atoms with E-state index < -0.39 is 29.0 Å². The number of carbonyl (C=O) groups is 1. The van der Waals surface area contributed by atoms with Crippen LogP contribution in [0.1, 0.15) is 16.8 Å². The van der Waals surface area contributed by atoms with Gasteiger partial charge in [-0.15, -0.1) is 0 Å². The summed E-state index contributed by atoms with van der Waals surface area (Å²) >= 11 is 0. The first kappa shape index (κ1) is 20.6. The zero-order valence-electron chi connectivity index (χ0n) is 16.3. The average Bonchev–Trinajstić information content (AvgIpc) is 2.72. The van der Waals surface area contributed by atoms with Crippen LogP contribution in [0, 0.1) is 17.5 Å². The molecule has 1 fully saturated rings. The SMILES string of the molecule is Nc1ncnc(N2CC[C@]2(N)CNC(=O)c2ccc(F)cc2F)c1-c1ccc(F)cc1. The second kappa shape index (κ2) is 7.88. The molecule has 1 aromatic heterocycles. The minimum absolute atomic E-state index is 0.0184. The van der Waals surface area contributed by atoms with Gasteiger partial charge in [0.15, 0.2) is 0 Å². The summed E-state index contributed by atoms with van der Waals surface area (Å²) in [5.74, 6) is -2.21. The summed E-state index contributed by atoms with van der Waals surface area (Å²) in [4.78, 5) is 22.4. The zero-order chi connectivity index (χ0) is 22.2. The number of nitrogens with zero attached hydrogens (tertiary/aromatic N) is 3. The number of amides is 1. The van der Waals surface area contributed by atoms with Gasteiger partial charge in [-0.3, -0.25) is 4.79 Å². The van der Waals surface area contributed by atoms with Gasteiger partial charge in [0.2, 0.25) is 0 Å². The van der Waals surface area contributed by atoms with Crippen molar-refractivity contribution in [2.45, 2.75) is 12.1 Å². The zero-order valence-corrected chi connectivity index (χ0v) is 16.3. The first-order valence-electron chi connectivity index (χ1n) is 9.45. The van der Waals surface area contributed by atoms with Crippen LogP contribution in [0.25, 0.3) is 11.1 Å². The summed E-state index contributed by atoms with van der Waals surface area (Å²) in [6, 6.07) is 8.44. The van der Waals surface area contributed by atoms with Crippen molar-refractivity contribution in [3.63, 3.8) is 0 Å². The highest BCUT2D eigenvalue weighted by Crippen LogP contribution is 2.39. The van der Waals surface area contributed by atoms with E-state index in [2.05, 4.69) is 15.3 Å². The number of hydrogen-bond donors (Lipinski definition) is 3. The van der Waals surface area contributed by atoms with Crippen LogP contribution in [0.3, 0.4) is 0 Å². The van der Waals surface area contributed by atoms with E-state index in [1.807, 2.05) is 0 Å². The lowest BCUT2D eigenvalue weighted by atomic mass is 9.93. The molecule has 31 heavy (non-hydrogen) atoms. The van der Waals surface area contributed by atoms with Gasteiger partial charge in [0.1, 0.15) is 41.1 Å². The molecule has 1 saturated heterocycles. The third-order valence-corrected chi connectivity index (χ3v) is 5.28. The Labute approximate surface area is 175 Å². The van der Waals surface area contributed by atoms with Crippen LogP contribution < -0.4 is 21.7 Å². The molecule has 1 aliphatic heterocycles. The summed E-state index contributed by atoms with van der Waals surface area (Å²) < 4.78 is 40.3. The summed E-state index contributed by atoms with van der Waals surface area (Å²) in [5.41, 5.74) is 12.4. The fourth-order valence-electron chi connectivity index (χ4n) is 3.50. The molecule has 1 aliphatic rings. The number of hydrogen-bond acceptors (Lipinski definition) is 6. The Morgan fingerprint density at radius 1 is 1.10 bits per heavy atom. The largest absolute Gasteiger partial charge is 0.383 e. The van der Waals surface area contributed by atoms with Crippen LogP contribution in [0.4, 0.5) is 24.8 Å². The molecule has 3 aromatic rings. The number of rotatable bonds is 5. The number of nitrogens with one attached hydrogen (secondary N) is 1. The van der Waals surface area contributed by atoms with E-state index in [-0.39, 0.29) is 17.9 Å². The lowest BCUT2D eigenvalue weighted by Crippen LogP contribution is -2.71. The molecule has 7 nitrogen and oxygen atoms in total. The fourth-order valence-corrected chi connectivity index (χ4v) is 3.50. The number of benzene rings is 2. The maximum Gasteiger partial charge on any atom is 0.254 e. The molecular weight excluding hydrogens is 409 g/mol. The molecule has 0 saturated carbocycles. The van der Waals surface area contributed by atoms with E-state index >= 15 is 0 Å².